The standard InChI is InChI=1S/C12H16N6O7S2/c1-17(2)11(21)8-7(10(20)18(8)27(22,23)24)15-9(19)6(16-25-3)5-4-26-12(13)14-5/h4,7-8H,1-3H3,(H2,13,14)(H,15,19)(H,22,23,24). The van der Waals surface area contributed by atoms with Crippen molar-refractivity contribution in [3.63, 3.8) is 0 Å². The second-order valence-corrected chi connectivity index (χ2v) is 7.61. The van der Waals surface area contributed by atoms with E-state index in [1.54, 1.807) is 0 Å². The van der Waals surface area contributed by atoms with Gasteiger partial charge in [0.15, 0.2) is 16.9 Å². The molecule has 1 aliphatic heterocycles. The first-order chi connectivity index (χ1) is 12.5. The fraction of sp³-hybridized carbons (Fsp3) is 0.417. The average Bonchev–Trinajstić information content (AvgIpc) is 2.98. The minimum Gasteiger partial charge on any atom is -0.398 e. The molecule has 2 atom stereocenters. The van der Waals surface area contributed by atoms with Crippen LogP contribution in [-0.4, -0.2) is 83.9 Å². The molecule has 0 radical (unpaired) electrons. The largest absolute Gasteiger partial charge is 0.398 e. The van der Waals surface area contributed by atoms with Gasteiger partial charge in [0, 0.05) is 19.5 Å². The van der Waals surface area contributed by atoms with Crippen LogP contribution >= 0.6 is 11.3 Å². The highest BCUT2D eigenvalue weighted by molar-refractivity contribution is 7.84. The lowest BCUT2D eigenvalue weighted by Gasteiger charge is -2.43. The lowest BCUT2D eigenvalue weighted by molar-refractivity contribution is -0.155. The van der Waals surface area contributed by atoms with Gasteiger partial charge < -0.3 is 20.8 Å². The average molecular weight is 420 g/mol. The van der Waals surface area contributed by atoms with Crippen LogP contribution in [0, 0.1) is 0 Å². The van der Waals surface area contributed by atoms with Crippen molar-refractivity contribution in [3.05, 3.63) is 11.1 Å². The van der Waals surface area contributed by atoms with Gasteiger partial charge in [0.2, 0.25) is 5.91 Å². The SMILES string of the molecule is CON=C(C(=O)NC1C(=O)N(S(=O)(=O)O)C1C(=O)N(C)C)c1csc(N)n1. The fourth-order valence-electron chi connectivity index (χ4n) is 2.27. The quantitative estimate of drug-likeness (QED) is 0.196. The zero-order chi connectivity index (χ0) is 20.5. The molecule has 4 N–H and O–H groups in total. The first-order valence-corrected chi connectivity index (χ1v) is 9.42. The molecular formula is C12H16N6O7S2. The summed E-state index contributed by atoms with van der Waals surface area (Å²) in [6.07, 6.45) is 0. The maximum absolute atomic E-state index is 12.5. The number of nitrogen functional groups attached to an aromatic ring is 1. The number of carbonyl (C=O) groups is 3. The highest BCUT2D eigenvalue weighted by Gasteiger charge is 2.58. The molecule has 13 nitrogen and oxygen atoms in total. The molecule has 0 spiro atoms. The second-order valence-electron chi connectivity index (χ2n) is 5.43. The molecule has 27 heavy (non-hydrogen) atoms. The molecule has 1 aromatic heterocycles. The van der Waals surface area contributed by atoms with Gasteiger partial charge in [0.05, 0.1) is 0 Å². The van der Waals surface area contributed by atoms with E-state index in [9.17, 15) is 22.8 Å². The Labute approximate surface area is 157 Å². The van der Waals surface area contributed by atoms with Crippen LogP contribution in [0.15, 0.2) is 10.5 Å². The van der Waals surface area contributed by atoms with E-state index in [-0.39, 0.29) is 20.8 Å². The van der Waals surface area contributed by atoms with Gasteiger partial charge in [-0.3, -0.25) is 18.9 Å². The number of amides is 3. The molecule has 1 fully saturated rings. The number of thiazole rings is 1. The first kappa shape index (κ1) is 20.5. The number of hydrogen-bond donors (Lipinski definition) is 3. The summed E-state index contributed by atoms with van der Waals surface area (Å²) < 4.78 is 31.9. The number of anilines is 1. The summed E-state index contributed by atoms with van der Waals surface area (Å²) in [6.45, 7) is 0. The highest BCUT2D eigenvalue weighted by atomic mass is 32.2. The topological polar surface area (TPSA) is 185 Å². The summed E-state index contributed by atoms with van der Waals surface area (Å²) >= 11 is 1.03. The predicted molar refractivity (Wildman–Crippen MR) is 92.9 cm³/mol. The Morgan fingerprint density at radius 2 is 2.11 bits per heavy atom. The number of β-lactam (4-membered cyclic amide) rings is 1. The van der Waals surface area contributed by atoms with Gasteiger partial charge in [0.25, 0.3) is 11.8 Å². The minimum absolute atomic E-state index is 0.00571. The van der Waals surface area contributed by atoms with E-state index in [4.69, 9.17) is 10.3 Å². The van der Waals surface area contributed by atoms with Crippen molar-refractivity contribution >= 4 is 50.2 Å². The van der Waals surface area contributed by atoms with Gasteiger partial charge in [-0.15, -0.1) is 11.3 Å². The minimum atomic E-state index is -4.99. The third-order valence-electron chi connectivity index (χ3n) is 3.44. The summed E-state index contributed by atoms with van der Waals surface area (Å²) in [4.78, 5) is 46.3. The van der Waals surface area contributed by atoms with Crippen molar-refractivity contribution in [2.45, 2.75) is 12.1 Å². The van der Waals surface area contributed by atoms with Crippen molar-refractivity contribution < 1.29 is 32.2 Å². The highest BCUT2D eigenvalue weighted by Crippen LogP contribution is 2.25. The molecule has 0 saturated carbocycles. The summed E-state index contributed by atoms with van der Waals surface area (Å²) in [5.74, 6) is -2.95. The van der Waals surface area contributed by atoms with Crippen LogP contribution in [-0.2, 0) is 29.5 Å². The molecule has 15 heteroatoms. The van der Waals surface area contributed by atoms with Crippen LogP contribution in [0.25, 0.3) is 0 Å². The molecular weight excluding hydrogens is 404 g/mol. The Balaban J connectivity index is 2.30. The monoisotopic (exact) mass is 420 g/mol. The molecule has 0 bridgehead atoms. The van der Waals surface area contributed by atoms with E-state index < -0.39 is 40.1 Å². The van der Waals surface area contributed by atoms with E-state index in [1.165, 1.54) is 26.6 Å². The molecule has 2 unspecified atom stereocenters. The first-order valence-electron chi connectivity index (χ1n) is 7.14. The van der Waals surface area contributed by atoms with Crippen molar-refractivity contribution in [2.75, 3.05) is 26.9 Å². The van der Waals surface area contributed by atoms with Crippen LogP contribution in [0.2, 0.25) is 0 Å². The number of carbonyl (C=O) groups excluding carboxylic acids is 3. The van der Waals surface area contributed by atoms with Gasteiger partial charge in [-0.2, -0.15) is 12.7 Å². The van der Waals surface area contributed by atoms with Crippen LogP contribution in [0.3, 0.4) is 0 Å². The molecule has 2 heterocycles. The Bertz CT molecular complexity index is 909. The number of rotatable bonds is 6. The molecule has 0 aliphatic carbocycles. The lowest BCUT2D eigenvalue weighted by Crippen LogP contribution is -2.75. The number of likely N-dealkylation sites (N-methyl/N-ethyl adjacent to an activating group) is 1. The van der Waals surface area contributed by atoms with Crippen LogP contribution in [0.5, 0.6) is 0 Å². The van der Waals surface area contributed by atoms with E-state index in [2.05, 4.69) is 20.3 Å². The van der Waals surface area contributed by atoms with Crippen molar-refractivity contribution in [1.82, 2.24) is 19.5 Å². The number of aromatic nitrogens is 1. The Kier molecular flexibility index (Phi) is 5.67. The summed E-state index contributed by atoms with van der Waals surface area (Å²) in [6, 6.07) is -3.18. The Morgan fingerprint density at radius 3 is 2.56 bits per heavy atom. The van der Waals surface area contributed by atoms with Crippen molar-refractivity contribution in [3.8, 4) is 0 Å². The third-order valence-corrected chi connectivity index (χ3v) is 5.02. The maximum Gasteiger partial charge on any atom is 0.363 e. The zero-order valence-corrected chi connectivity index (χ0v) is 15.9. The lowest BCUT2D eigenvalue weighted by atomic mass is 9.97. The molecule has 1 aliphatic rings. The van der Waals surface area contributed by atoms with Crippen molar-refractivity contribution in [2.24, 2.45) is 5.16 Å². The number of nitrogens with zero attached hydrogens (tertiary/aromatic N) is 4. The fourth-order valence-corrected chi connectivity index (χ4v) is 3.66. The third kappa shape index (κ3) is 3.99. The molecule has 0 aromatic carbocycles. The van der Waals surface area contributed by atoms with Gasteiger partial charge in [-0.05, 0) is 0 Å². The van der Waals surface area contributed by atoms with Gasteiger partial charge in [-0.1, -0.05) is 5.16 Å². The Morgan fingerprint density at radius 1 is 1.48 bits per heavy atom. The number of oxime groups is 1. The maximum atomic E-state index is 12.5. The van der Waals surface area contributed by atoms with E-state index in [1.807, 2.05) is 0 Å². The van der Waals surface area contributed by atoms with E-state index in [0.717, 1.165) is 16.2 Å². The Hall–Kier alpha value is -2.78. The number of nitrogens with one attached hydrogen (secondary N) is 1. The van der Waals surface area contributed by atoms with Crippen LogP contribution in [0.1, 0.15) is 5.69 Å². The molecule has 2 rings (SSSR count). The van der Waals surface area contributed by atoms with Crippen LogP contribution < -0.4 is 11.1 Å². The second kappa shape index (κ2) is 7.45. The number of hydrogen-bond acceptors (Lipinski definition) is 10. The van der Waals surface area contributed by atoms with Gasteiger partial charge in [0.1, 0.15) is 18.8 Å². The summed E-state index contributed by atoms with van der Waals surface area (Å²) in [5.41, 5.74) is 5.24. The molecule has 1 aromatic rings. The molecule has 1 saturated heterocycles. The van der Waals surface area contributed by atoms with Crippen molar-refractivity contribution in [1.29, 1.82) is 0 Å². The summed E-state index contributed by atoms with van der Waals surface area (Å²) in [5, 5.41) is 7.30. The predicted octanol–water partition coefficient (Wildman–Crippen LogP) is -2.34. The van der Waals surface area contributed by atoms with Gasteiger partial charge >= 0.3 is 10.3 Å². The van der Waals surface area contributed by atoms with Gasteiger partial charge in [-0.25, -0.2) is 4.98 Å². The zero-order valence-electron chi connectivity index (χ0n) is 14.3. The molecule has 3 amide bonds. The van der Waals surface area contributed by atoms with Crippen LogP contribution in [0.4, 0.5) is 5.13 Å². The smallest absolute Gasteiger partial charge is 0.363 e. The number of nitrogens with two attached hydrogens (primary N) is 1. The van der Waals surface area contributed by atoms with E-state index >= 15 is 0 Å². The normalized spacial score (nSPS) is 20.1. The molecule has 148 valence electrons. The van der Waals surface area contributed by atoms with E-state index in [0.29, 0.717) is 0 Å². The summed E-state index contributed by atoms with van der Waals surface area (Å²) in [7, 11) is -1.17.